The molecular formula is C17H24N4OS2. The summed E-state index contributed by atoms with van der Waals surface area (Å²) in [4.78, 5) is 12.4. The minimum atomic E-state index is -0.240. The summed E-state index contributed by atoms with van der Waals surface area (Å²) in [6.07, 6.45) is 0. The van der Waals surface area contributed by atoms with Gasteiger partial charge in [-0.05, 0) is 43.9 Å². The number of amides is 1. The van der Waals surface area contributed by atoms with Crippen molar-refractivity contribution in [2.45, 2.75) is 44.2 Å². The Balaban J connectivity index is 1.93. The number of anilines is 2. The predicted octanol–water partition coefficient (Wildman–Crippen LogP) is 4.34. The normalized spacial score (nSPS) is 12.2. The van der Waals surface area contributed by atoms with Gasteiger partial charge in [-0.25, -0.2) is 0 Å². The summed E-state index contributed by atoms with van der Waals surface area (Å²) in [7, 11) is 0. The van der Waals surface area contributed by atoms with Crippen LogP contribution in [0.25, 0.3) is 0 Å². The minimum Gasteiger partial charge on any atom is -0.360 e. The van der Waals surface area contributed by atoms with E-state index in [4.69, 9.17) is 0 Å². The number of carbonyl (C=O) groups excluding carboxylic acids is 1. The van der Waals surface area contributed by atoms with Crippen LogP contribution >= 0.6 is 23.1 Å². The van der Waals surface area contributed by atoms with E-state index in [2.05, 4.69) is 34.7 Å². The van der Waals surface area contributed by atoms with Gasteiger partial charge in [0.2, 0.25) is 11.0 Å². The smallest absolute Gasteiger partial charge is 0.237 e. The molecule has 1 aromatic carbocycles. The quantitative estimate of drug-likeness (QED) is 0.715. The second kappa shape index (κ2) is 8.48. The van der Waals surface area contributed by atoms with Gasteiger partial charge in [0, 0.05) is 12.2 Å². The molecule has 0 spiro atoms. The minimum absolute atomic E-state index is 0.0272. The second-order valence-electron chi connectivity index (χ2n) is 6.22. The van der Waals surface area contributed by atoms with Gasteiger partial charge in [-0.2, -0.15) is 0 Å². The Kier molecular flexibility index (Phi) is 6.62. The first-order chi connectivity index (χ1) is 11.3. The van der Waals surface area contributed by atoms with Crippen molar-refractivity contribution in [3.63, 3.8) is 0 Å². The zero-order valence-electron chi connectivity index (χ0n) is 14.7. The Bertz CT molecular complexity index is 700. The number of thioether (sulfide) groups is 1. The van der Waals surface area contributed by atoms with Gasteiger partial charge in [-0.1, -0.05) is 49.1 Å². The molecule has 2 rings (SSSR count). The third-order valence-corrected chi connectivity index (χ3v) is 5.43. The van der Waals surface area contributed by atoms with Crippen LogP contribution in [0.4, 0.5) is 10.8 Å². The van der Waals surface area contributed by atoms with Crippen molar-refractivity contribution >= 4 is 39.8 Å². The lowest BCUT2D eigenvalue weighted by atomic mass is 10.1. The summed E-state index contributed by atoms with van der Waals surface area (Å²) in [6.45, 7) is 11.0. The van der Waals surface area contributed by atoms with E-state index < -0.39 is 0 Å². The summed E-state index contributed by atoms with van der Waals surface area (Å²) in [5, 5.41) is 15.1. The van der Waals surface area contributed by atoms with Gasteiger partial charge >= 0.3 is 0 Å². The average molecular weight is 365 g/mol. The lowest BCUT2D eigenvalue weighted by molar-refractivity contribution is -0.115. The number of rotatable bonds is 7. The van der Waals surface area contributed by atoms with E-state index in [-0.39, 0.29) is 11.2 Å². The molecule has 0 aliphatic carbocycles. The van der Waals surface area contributed by atoms with Crippen molar-refractivity contribution < 1.29 is 4.79 Å². The molecule has 0 unspecified atom stereocenters. The number of nitrogens with one attached hydrogen (secondary N) is 2. The Hall–Kier alpha value is -1.60. The van der Waals surface area contributed by atoms with Gasteiger partial charge in [-0.15, -0.1) is 10.2 Å². The summed E-state index contributed by atoms with van der Waals surface area (Å²) in [5.41, 5.74) is 3.05. The van der Waals surface area contributed by atoms with Crippen LogP contribution in [-0.2, 0) is 4.79 Å². The Morgan fingerprint density at radius 3 is 2.71 bits per heavy atom. The van der Waals surface area contributed by atoms with E-state index in [0.29, 0.717) is 5.92 Å². The van der Waals surface area contributed by atoms with Crippen LogP contribution in [0.2, 0.25) is 0 Å². The molecule has 5 nitrogen and oxygen atoms in total. The molecule has 24 heavy (non-hydrogen) atoms. The van der Waals surface area contributed by atoms with E-state index in [1.54, 1.807) is 0 Å². The first-order valence-corrected chi connectivity index (χ1v) is 9.67. The maximum absolute atomic E-state index is 12.4. The monoisotopic (exact) mass is 364 g/mol. The number of aryl methyl sites for hydroxylation is 2. The number of hydrogen-bond donors (Lipinski definition) is 2. The molecule has 130 valence electrons. The van der Waals surface area contributed by atoms with Crippen molar-refractivity contribution in [2.75, 3.05) is 17.2 Å². The molecule has 1 heterocycles. The van der Waals surface area contributed by atoms with Crippen molar-refractivity contribution in [1.29, 1.82) is 0 Å². The van der Waals surface area contributed by atoms with E-state index in [9.17, 15) is 4.79 Å². The molecule has 0 fully saturated rings. The van der Waals surface area contributed by atoms with Gasteiger partial charge in [0.15, 0.2) is 4.34 Å². The lowest BCUT2D eigenvalue weighted by Gasteiger charge is -2.12. The van der Waals surface area contributed by atoms with E-state index >= 15 is 0 Å². The Labute approximate surface area is 151 Å². The summed E-state index contributed by atoms with van der Waals surface area (Å²) in [5.74, 6) is 0.521. The summed E-state index contributed by atoms with van der Waals surface area (Å²) in [6, 6.07) is 6.04. The molecule has 0 aliphatic heterocycles. The summed E-state index contributed by atoms with van der Waals surface area (Å²) < 4.78 is 0.796. The number of hydrogen-bond acceptors (Lipinski definition) is 6. The van der Waals surface area contributed by atoms with Crippen LogP contribution in [0.1, 0.15) is 31.9 Å². The molecule has 2 N–H and O–H groups in total. The van der Waals surface area contributed by atoms with Crippen molar-refractivity contribution in [3.05, 3.63) is 29.3 Å². The van der Waals surface area contributed by atoms with Crippen molar-refractivity contribution in [3.8, 4) is 0 Å². The third-order valence-electron chi connectivity index (χ3n) is 3.37. The molecule has 1 amide bonds. The highest BCUT2D eigenvalue weighted by Gasteiger charge is 2.18. The molecule has 7 heteroatoms. The molecule has 0 bridgehead atoms. The zero-order chi connectivity index (χ0) is 17.7. The SMILES string of the molecule is Cc1ccc(C)c(NC(=O)[C@@H](C)Sc2nnc(NCC(C)C)s2)c1. The number of aromatic nitrogens is 2. The molecule has 2 aromatic rings. The van der Waals surface area contributed by atoms with Crippen molar-refractivity contribution in [1.82, 2.24) is 10.2 Å². The average Bonchev–Trinajstić information content (AvgIpc) is 2.96. The number of nitrogens with zero attached hydrogens (tertiary/aromatic N) is 2. The van der Waals surface area contributed by atoms with Gasteiger partial charge in [-0.3, -0.25) is 4.79 Å². The molecule has 1 aromatic heterocycles. The maximum Gasteiger partial charge on any atom is 0.237 e. The highest BCUT2D eigenvalue weighted by Crippen LogP contribution is 2.29. The standard InChI is InChI=1S/C17H24N4OS2/c1-10(2)9-18-16-20-21-17(24-16)23-13(5)15(22)19-14-8-11(3)6-7-12(14)4/h6-8,10,13H,9H2,1-5H3,(H,18,20)(H,19,22)/t13-/m1/s1. The van der Waals surface area contributed by atoms with Crippen LogP contribution < -0.4 is 10.6 Å². The Morgan fingerprint density at radius 1 is 1.25 bits per heavy atom. The van der Waals surface area contributed by atoms with Gasteiger partial charge in [0.05, 0.1) is 5.25 Å². The summed E-state index contributed by atoms with van der Waals surface area (Å²) >= 11 is 2.91. The molecule has 0 aliphatic rings. The van der Waals surface area contributed by atoms with E-state index in [1.165, 1.54) is 23.1 Å². The largest absolute Gasteiger partial charge is 0.360 e. The van der Waals surface area contributed by atoms with Gasteiger partial charge in [0.1, 0.15) is 0 Å². The third kappa shape index (κ3) is 5.49. The molecule has 0 radical (unpaired) electrons. The molecule has 0 saturated heterocycles. The highest BCUT2D eigenvalue weighted by atomic mass is 32.2. The molecular weight excluding hydrogens is 340 g/mol. The van der Waals surface area contributed by atoms with Gasteiger partial charge in [0.25, 0.3) is 0 Å². The topological polar surface area (TPSA) is 66.9 Å². The van der Waals surface area contributed by atoms with Crippen LogP contribution in [0, 0.1) is 19.8 Å². The second-order valence-corrected chi connectivity index (χ2v) is 8.78. The van der Waals surface area contributed by atoms with E-state index in [1.807, 2.05) is 39.0 Å². The Morgan fingerprint density at radius 2 is 2.00 bits per heavy atom. The van der Waals surface area contributed by atoms with Gasteiger partial charge < -0.3 is 10.6 Å². The van der Waals surface area contributed by atoms with Crippen LogP contribution in [0.5, 0.6) is 0 Å². The van der Waals surface area contributed by atoms with E-state index in [0.717, 1.165) is 32.8 Å². The highest BCUT2D eigenvalue weighted by molar-refractivity contribution is 8.02. The van der Waals surface area contributed by atoms with Crippen LogP contribution in [-0.4, -0.2) is 27.9 Å². The zero-order valence-corrected chi connectivity index (χ0v) is 16.3. The molecule has 1 atom stereocenters. The van der Waals surface area contributed by atoms with Crippen LogP contribution in [0.15, 0.2) is 22.5 Å². The fraction of sp³-hybridized carbons (Fsp3) is 0.471. The fourth-order valence-electron chi connectivity index (χ4n) is 1.93. The van der Waals surface area contributed by atoms with Crippen LogP contribution in [0.3, 0.4) is 0 Å². The van der Waals surface area contributed by atoms with Crippen molar-refractivity contribution in [2.24, 2.45) is 5.92 Å². The first-order valence-electron chi connectivity index (χ1n) is 7.97. The molecule has 0 saturated carbocycles. The lowest BCUT2D eigenvalue weighted by Crippen LogP contribution is -2.22. The fourth-order valence-corrected chi connectivity index (χ4v) is 3.83. The number of benzene rings is 1. The predicted molar refractivity (Wildman–Crippen MR) is 103 cm³/mol. The first kappa shape index (κ1) is 18.7. The number of carbonyl (C=O) groups is 1. The maximum atomic E-state index is 12.4.